The number of rotatable bonds is 7. The van der Waals surface area contributed by atoms with E-state index in [9.17, 15) is 13.2 Å². The van der Waals surface area contributed by atoms with Crippen LogP contribution < -0.4 is 11.1 Å². The fourth-order valence-corrected chi connectivity index (χ4v) is 6.19. The standard InChI is InChI=1S/C25H31ClN4O3S/c1-34(32,33)23-10-9-19(15-22(23)26)21(14-17-5-2-3-6-17)25(31)28-24-11-12-30(29-24)16-18-7-4-8-20(27)13-18/h4,7-10,13,15,17,21H,2-3,5-6,11-12,14,16,27H2,1H3,(H,28,29,31)/t21-/m1/s1. The van der Waals surface area contributed by atoms with Crippen molar-refractivity contribution in [3.05, 3.63) is 58.6 Å². The van der Waals surface area contributed by atoms with Crippen molar-refractivity contribution in [1.29, 1.82) is 0 Å². The predicted octanol–water partition coefficient (Wildman–Crippen LogP) is 4.33. The molecule has 4 rings (SSSR count). The van der Waals surface area contributed by atoms with E-state index in [-0.39, 0.29) is 15.8 Å². The van der Waals surface area contributed by atoms with Gasteiger partial charge in [-0.15, -0.1) is 0 Å². The summed E-state index contributed by atoms with van der Waals surface area (Å²) in [5, 5.41) is 9.70. The van der Waals surface area contributed by atoms with Gasteiger partial charge in [0.05, 0.1) is 22.4 Å². The molecule has 3 N–H and O–H groups in total. The third-order valence-electron chi connectivity index (χ3n) is 6.57. The van der Waals surface area contributed by atoms with E-state index in [1.165, 1.54) is 18.9 Å². The van der Waals surface area contributed by atoms with Crippen LogP contribution in [0.5, 0.6) is 0 Å². The zero-order chi connectivity index (χ0) is 24.3. The van der Waals surface area contributed by atoms with Gasteiger partial charge in [-0.1, -0.05) is 55.5 Å². The van der Waals surface area contributed by atoms with Crippen LogP contribution in [-0.2, 0) is 21.2 Å². The van der Waals surface area contributed by atoms with Gasteiger partial charge in [-0.2, -0.15) is 5.10 Å². The van der Waals surface area contributed by atoms with Crippen LogP contribution in [0.15, 0.2) is 52.5 Å². The molecular weight excluding hydrogens is 472 g/mol. The summed E-state index contributed by atoms with van der Waals surface area (Å²) < 4.78 is 23.9. The highest BCUT2D eigenvalue weighted by atomic mass is 35.5. The Bertz CT molecular complexity index is 1190. The number of carbonyl (C=O) groups excluding carboxylic acids is 1. The molecule has 1 amide bonds. The quantitative estimate of drug-likeness (QED) is 0.548. The third-order valence-corrected chi connectivity index (χ3v) is 8.15. The number of anilines is 1. The number of nitrogens with two attached hydrogens (primary N) is 1. The van der Waals surface area contributed by atoms with Gasteiger partial charge in [0.15, 0.2) is 9.84 Å². The molecule has 0 spiro atoms. The van der Waals surface area contributed by atoms with E-state index in [0.29, 0.717) is 43.4 Å². The molecule has 1 heterocycles. The minimum Gasteiger partial charge on any atom is -0.399 e. The number of amidine groups is 1. The van der Waals surface area contributed by atoms with Gasteiger partial charge in [-0.3, -0.25) is 9.80 Å². The molecule has 1 atom stereocenters. The summed E-state index contributed by atoms with van der Waals surface area (Å²) in [5.41, 5.74) is 8.38. The zero-order valence-electron chi connectivity index (χ0n) is 19.3. The van der Waals surface area contributed by atoms with Crippen LogP contribution in [0.1, 0.15) is 55.6 Å². The Morgan fingerprint density at radius 3 is 2.68 bits per heavy atom. The van der Waals surface area contributed by atoms with Crippen LogP contribution in [0.4, 0.5) is 5.69 Å². The number of nitrogens with zero attached hydrogens (tertiary/aromatic N) is 2. The molecule has 1 fully saturated rings. The van der Waals surface area contributed by atoms with E-state index >= 15 is 0 Å². The summed E-state index contributed by atoms with van der Waals surface area (Å²) in [5.74, 6) is 0.568. The van der Waals surface area contributed by atoms with Crippen LogP contribution >= 0.6 is 11.6 Å². The molecular formula is C25H31ClN4O3S. The normalized spacial score (nSPS) is 17.6. The van der Waals surface area contributed by atoms with Crippen molar-refractivity contribution in [2.24, 2.45) is 11.0 Å². The largest absolute Gasteiger partial charge is 0.399 e. The zero-order valence-corrected chi connectivity index (χ0v) is 20.9. The summed E-state index contributed by atoms with van der Waals surface area (Å²) >= 11 is 6.31. The van der Waals surface area contributed by atoms with Gasteiger partial charge in [-0.25, -0.2) is 8.42 Å². The van der Waals surface area contributed by atoms with Crippen LogP contribution in [0.3, 0.4) is 0 Å². The molecule has 0 unspecified atom stereocenters. The summed E-state index contributed by atoms with van der Waals surface area (Å²) in [7, 11) is -3.44. The minimum atomic E-state index is -3.44. The molecule has 34 heavy (non-hydrogen) atoms. The lowest BCUT2D eigenvalue weighted by atomic mass is 9.87. The van der Waals surface area contributed by atoms with Crippen molar-refractivity contribution in [2.45, 2.75) is 55.9 Å². The van der Waals surface area contributed by atoms with Gasteiger partial charge in [0.2, 0.25) is 5.91 Å². The van der Waals surface area contributed by atoms with Gasteiger partial charge in [0.1, 0.15) is 5.84 Å². The topological polar surface area (TPSA) is 105 Å². The number of nitrogen functional groups attached to an aromatic ring is 1. The summed E-state index contributed by atoms with van der Waals surface area (Å²) in [6.45, 7) is 1.34. The van der Waals surface area contributed by atoms with Crippen molar-refractivity contribution in [3.63, 3.8) is 0 Å². The van der Waals surface area contributed by atoms with Crippen molar-refractivity contribution < 1.29 is 13.2 Å². The Kier molecular flexibility index (Phi) is 7.48. The second kappa shape index (κ2) is 10.4. The Labute approximate surface area is 206 Å². The van der Waals surface area contributed by atoms with Crippen molar-refractivity contribution >= 4 is 38.9 Å². The number of carbonyl (C=O) groups is 1. The number of amides is 1. The number of hydrogen-bond donors (Lipinski definition) is 2. The monoisotopic (exact) mass is 502 g/mol. The molecule has 1 aliphatic carbocycles. The van der Waals surface area contributed by atoms with Crippen LogP contribution in [0.2, 0.25) is 5.02 Å². The highest BCUT2D eigenvalue weighted by molar-refractivity contribution is 7.90. The summed E-state index contributed by atoms with van der Waals surface area (Å²) in [4.78, 5) is 13.5. The first-order valence-electron chi connectivity index (χ1n) is 11.7. The van der Waals surface area contributed by atoms with Gasteiger partial charge >= 0.3 is 0 Å². The van der Waals surface area contributed by atoms with Crippen molar-refractivity contribution in [1.82, 2.24) is 10.3 Å². The van der Waals surface area contributed by atoms with Gasteiger partial charge < -0.3 is 11.1 Å². The van der Waals surface area contributed by atoms with E-state index in [4.69, 9.17) is 17.3 Å². The predicted molar refractivity (Wildman–Crippen MR) is 135 cm³/mol. The Balaban J connectivity index is 1.50. The van der Waals surface area contributed by atoms with E-state index in [2.05, 4.69) is 10.4 Å². The molecule has 1 aliphatic heterocycles. The Hall–Kier alpha value is -2.58. The van der Waals surface area contributed by atoms with Gasteiger partial charge in [-0.05, 0) is 47.7 Å². The fourth-order valence-electron chi connectivity index (χ4n) is 4.85. The molecule has 0 bridgehead atoms. The second-order valence-electron chi connectivity index (χ2n) is 9.32. The Morgan fingerprint density at radius 1 is 1.24 bits per heavy atom. The lowest BCUT2D eigenvalue weighted by Gasteiger charge is -2.21. The smallest absolute Gasteiger partial charge is 0.232 e. The van der Waals surface area contributed by atoms with Crippen LogP contribution in [0, 0.1) is 5.92 Å². The number of benzene rings is 2. The number of sulfone groups is 1. The van der Waals surface area contributed by atoms with E-state index in [1.807, 2.05) is 29.3 Å². The van der Waals surface area contributed by atoms with Gasteiger partial charge in [0, 0.05) is 24.9 Å². The first kappa shape index (κ1) is 24.5. The third kappa shape index (κ3) is 6.10. The van der Waals surface area contributed by atoms with E-state index < -0.39 is 15.8 Å². The molecule has 0 saturated heterocycles. The van der Waals surface area contributed by atoms with Gasteiger partial charge in [0.25, 0.3) is 0 Å². The first-order chi connectivity index (χ1) is 16.2. The number of hydrazone groups is 1. The lowest BCUT2D eigenvalue weighted by molar-refractivity contribution is -0.121. The summed E-state index contributed by atoms with van der Waals surface area (Å²) in [6, 6.07) is 12.5. The number of hydrogen-bond acceptors (Lipinski definition) is 6. The maximum atomic E-state index is 13.4. The average molecular weight is 503 g/mol. The molecule has 2 aromatic carbocycles. The van der Waals surface area contributed by atoms with Crippen LogP contribution in [0.25, 0.3) is 0 Å². The molecule has 7 nitrogen and oxygen atoms in total. The van der Waals surface area contributed by atoms with Crippen molar-refractivity contribution in [2.75, 3.05) is 18.5 Å². The van der Waals surface area contributed by atoms with Crippen LogP contribution in [-0.4, -0.2) is 38.0 Å². The fraction of sp³-hybridized carbons (Fsp3) is 0.440. The molecule has 2 aromatic rings. The minimum absolute atomic E-state index is 0.0790. The molecule has 0 radical (unpaired) electrons. The number of halogens is 1. The van der Waals surface area contributed by atoms with E-state index in [0.717, 1.165) is 30.2 Å². The van der Waals surface area contributed by atoms with E-state index in [1.54, 1.807) is 12.1 Å². The molecule has 0 aromatic heterocycles. The molecule has 182 valence electrons. The maximum absolute atomic E-state index is 13.4. The molecule has 1 saturated carbocycles. The summed E-state index contributed by atoms with van der Waals surface area (Å²) in [6.07, 6.45) is 7.06. The molecule has 9 heteroatoms. The first-order valence-corrected chi connectivity index (χ1v) is 13.9. The highest BCUT2D eigenvalue weighted by Crippen LogP contribution is 2.36. The average Bonchev–Trinajstić information content (AvgIpc) is 3.43. The number of nitrogens with one attached hydrogen (secondary N) is 1. The maximum Gasteiger partial charge on any atom is 0.232 e. The second-order valence-corrected chi connectivity index (χ2v) is 11.7. The SMILES string of the molecule is CS(=O)(=O)c1ccc([C@@H](CC2CCCC2)C(=O)NC2=NN(Cc3cccc(N)c3)CC2)cc1Cl. The Morgan fingerprint density at radius 2 is 2.00 bits per heavy atom. The lowest BCUT2D eigenvalue weighted by Crippen LogP contribution is -2.34. The highest BCUT2D eigenvalue weighted by Gasteiger charge is 2.29. The van der Waals surface area contributed by atoms with Crippen molar-refractivity contribution in [3.8, 4) is 0 Å². The molecule has 2 aliphatic rings.